The van der Waals surface area contributed by atoms with Gasteiger partial charge in [-0.3, -0.25) is 0 Å². The van der Waals surface area contributed by atoms with Gasteiger partial charge >= 0.3 is 12.6 Å². The second-order valence-electron chi connectivity index (χ2n) is 4.30. The van der Waals surface area contributed by atoms with Gasteiger partial charge in [0.05, 0.1) is 0 Å². The third-order valence-corrected chi connectivity index (χ3v) is 2.69. The summed E-state index contributed by atoms with van der Waals surface area (Å²) in [5.74, 6) is 0.0776. The molecule has 2 N–H and O–H groups in total. The molecule has 0 spiro atoms. The highest BCUT2D eigenvalue weighted by atomic mass is 19.3. The minimum absolute atomic E-state index is 0.0776. The monoisotopic (exact) mass is 286 g/mol. The van der Waals surface area contributed by atoms with Gasteiger partial charge in [0.15, 0.2) is 0 Å². The molecule has 1 aromatic carbocycles. The molecule has 6 heteroatoms. The van der Waals surface area contributed by atoms with Crippen LogP contribution >= 0.6 is 0 Å². The van der Waals surface area contributed by atoms with Crippen LogP contribution in [0.5, 0.6) is 5.75 Å². The Balaban J connectivity index is 2.39. The smallest absolute Gasteiger partial charge is 0.387 e. The van der Waals surface area contributed by atoms with Crippen LogP contribution in [-0.4, -0.2) is 19.2 Å². The Morgan fingerprint density at radius 2 is 2.00 bits per heavy atom. The summed E-state index contributed by atoms with van der Waals surface area (Å²) in [5, 5.41) is 5.32. The molecule has 0 saturated carbocycles. The molecule has 1 rings (SSSR count). The van der Waals surface area contributed by atoms with Gasteiger partial charge in [-0.15, -0.1) is 0 Å². The molecule has 20 heavy (non-hydrogen) atoms. The predicted molar refractivity (Wildman–Crippen MR) is 72.8 cm³/mol. The lowest BCUT2D eigenvalue weighted by atomic mass is 10.2. The third-order valence-electron chi connectivity index (χ3n) is 2.69. The summed E-state index contributed by atoms with van der Waals surface area (Å²) < 4.78 is 28.8. The molecular weight excluding hydrogens is 266 g/mol. The largest absolute Gasteiger partial charge is 0.434 e. The van der Waals surface area contributed by atoms with Gasteiger partial charge in [-0.25, -0.2) is 4.79 Å². The Kier molecular flexibility index (Phi) is 7.39. The van der Waals surface area contributed by atoms with E-state index in [1.165, 1.54) is 6.07 Å². The first-order valence-corrected chi connectivity index (χ1v) is 6.68. The van der Waals surface area contributed by atoms with Crippen molar-refractivity contribution in [2.24, 2.45) is 0 Å². The van der Waals surface area contributed by atoms with Crippen molar-refractivity contribution in [3.8, 4) is 5.75 Å². The first-order chi connectivity index (χ1) is 9.63. The van der Waals surface area contributed by atoms with Gasteiger partial charge in [-0.2, -0.15) is 8.78 Å². The highest BCUT2D eigenvalue weighted by Gasteiger charge is 2.09. The number of carbonyl (C=O) groups excluding carboxylic acids is 1. The summed E-state index contributed by atoms with van der Waals surface area (Å²) in [4.78, 5) is 11.5. The van der Waals surface area contributed by atoms with Gasteiger partial charge in [0, 0.05) is 18.7 Å². The lowest BCUT2D eigenvalue weighted by molar-refractivity contribution is -0.0504. The summed E-state index contributed by atoms with van der Waals surface area (Å²) in [7, 11) is 0. The highest BCUT2D eigenvalue weighted by Crippen LogP contribution is 2.19. The zero-order valence-corrected chi connectivity index (χ0v) is 11.5. The van der Waals surface area contributed by atoms with Crippen molar-refractivity contribution in [3.63, 3.8) is 0 Å². The quantitative estimate of drug-likeness (QED) is 0.721. The Bertz CT molecular complexity index is 414. The maximum atomic E-state index is 12.2. The fourth-order valence-corrected chi connectivity index (χ4v) is 1.68. The number of halogens is 2. The third kappa shape index (κ3) is 6.36. The number of carbonyl (C=O) groups is 1. The van der Waals surface area contributed by atoms with E-state index in [9.17, 15) is 13.6 Å². The maximum Gasteiger partial charge on any atom is 0.387 e. The van der Waals surface area contributed by atoms with Crippen LogP contribution in [-0.2, 0) is 6.54 Å². The molecule has 0 aliphatic heterocycles. The van der Waals surface area contributed by atoms with E-state index in [1.807, 2.05) is 0 Å². The molecule has 4 nitrogen and oxygen atoms in total. The van der Waals surface area contributed by atoms with Crippen LogP contribution in [0.3, 0.4) is 0 Å². The summed E-state index contributed by atoms with van der Waals surface area (Å²) in [6.45, 7) is -0.0452. The molecule has 0 radical (unpaired) electrons. The van der Waals surface area contributed by atoms with E-state index in [0.717, 1.165) is 19.3 Å². The molecule has 0 unspecified atom stereocenters. The predicted octanol–water partition coefficient (Wildman–Crippen LogP) is 3.28. The van der Waals surface area contributed by atoms with E-state index in [-0.39, 0.29) is 18.3 Å². The Morgan fingerprint density at radius 3 is 2.70 bits per heavy atom. The summed E-state index contributed by atoms with van der Waals surface area (Å²) >= 11 is 0. The minimum Gasteiger partial charge on any atom is -0.434 e. The van der Waals surface area contributed by atoms with Crippen molar-refractivity contribution >= 4 is 6.03 Å². The van der Waals surface area contributed by atoms with Gasteiger partial charge in [0.2, 0.25) is 0 Å². The Labute approximate surface area is 117 Å². The van der Waals surface area contributed by atoms with Crippen LogP contribution in [0, 0.1) is 0 Å². The number of unbranched alkanes of at least 4 members (excludes halogenated alkanes) is 2. The summed E-state index contributed by atoms with van der Waals surface area (Å²) in [5.41, 5.74) is 0.511. The molecule has 0 atom stereocenters. The van der Waals surface area contributed by atoms with Crippen LogP contribution in [0.2, 0.25) is 0 Å². The number of hydrogen-bond acceptors (Lipinski definition) is 2. The first-order valence-electron chi connectivity index (χ1n) is 6.68. The van der Waals surface area contributed by atoms with Crippen molar-refractivity contribution in [1.82, 2.24) is 10.6 Å². The molecule has 0 fully saturated rings. The Morgan fingerprint density at radius 1 is 1.25 bits per heavy atom. The minimum atomic E-state index is -2.88. The molecule has 0 saturated heterocycles. The maximum absolute atomic E-state index is 12.2. The number of amides is 2. The second kappa shape index (κ2) is 9.12. The van der Waals surface area contributed by atoms with Gasteiger partial charge in [-0.05, 0) is 12.5 Å². The number of para-hydroxylation sites is 1. The van der Waals surface area contributed by atoms with E-state index in [0.29, 0.717) is 12.1 Å². The van der Waals surface area contributed by atoms with Gasteiger partial charge in [0.1, 0.15) is 5.75 Å². The van der Waals surface area contributed by atoms with Crippen LogP contribution in [0.1, 0.15) is 31.7 Å². The van der Waals surface area contributed by atoms with E-state index in [2.05, 4.69) is 22.3 Å². The Hall–Kier alpha value is -1.85. The van der Waals surface area contributed by atoms with Crippen LogP contribution in [0.15, 0.2) is 24.3 Å². The van der Waals surface area contributed by atoms with Crippen molar-refractivity contribution in [2.75, 3.05) is 6.54 Å². The fourth-order valence-electron chi connectivity index (χ4n) is 1.68. The summed E-state index contributed by atoms with van der Waals surface area (Å²) in [6, 6.07) is 6.07. The van der Waals surface area contributed by atoms with Gasteiger partial charge < -0.3 is 15.4 Å². The molecule has 0 heterocycles. The van der Waals surface area contributed by atoms with E-state index < -0.39 is 6.61 Å². The van der Waals surface area contributed by atoms with Gasteiger partial charge in [-0.1, -0.05) is 38.0 Å². The van der Waals surface area contributed by atoms with Crippen molar-refractivity contribution < 1.29 is 18.3 Å². The van der Waals surface area contributed by atoms with Gasteiger partial charge in [0.25, 0.3) is 0 Å². The molecule has 0 aromatic heterocycles. The van der Waals surface area contributed by atoms with E-state index in [1.54, 1.807) is 18.2 Å². The van der Waals surface area contributed by atoms with Crippen molar-refractivity contribution in [3.05, 3.63) is 29.8 Å². The zero-order chi connectivity index (χ0) is 14.8. The normalized spacial score (nSPS) is 10.4. The fraction of sp³-hybridized carbons (Fsp3) is 0.500. The molecule has 1 aromatic rings. The second-order valence-corrected chi connectivity index (χ2v) is 4.30. The average Bonchev–Trinajstić information content (AvgIpc) is 2.42. The average molecular weight is 286 g/mol. The first kappa shape index (κ1) is 16.2. The summed E-state index contributed by atoms with van der Waals surface area (Å²) in [6.07, 6.45) is 3.07. The topological polar surface area (TPSA) is 50.4 Å². The lowest BCUT2D eigenvalue weighted by Gasteiger charge is -2.11. The molecular formula is C14H20F2N2O2. The zero-order valence-electron chi connectivity index (χ0n) is 11.5. The van der Waals surface area contributed by atoms with Crippen LogP contribution < -0.4 is 15.4 Å². The number of ether oxygens (including phenoxy) is 1. The number of rotatable bonds is 8. The van der Waals surface area contributed by atoms with Crippen LogP contribution in [0.25, 0.3) is 0 Å². The SMILES string of the molecule is CCCCCNC(=O)NCc1ccccc1OC(F)F. The van der Waals surface area contributed by atoms with Crippen molar-refractivity contribution in [2.45, 2.75) is 39.3 Å². The molecule has 0 aliphatic rings. The van der Waals surface area contributed by atoms with E-state index >= 15 is 0 Å². The number of benzene rings is 1. The van der Waals surface area contributed by atoms with E-state index in [4.69, 9.17) is 0 Å². The molecule has 112 valence electrons. The molecule has 0 bridgehead atoms. The molecule has 0 aliphatic carbocycles. The number of alkyl halides is 2. The molecule has 2 amide bonds. The lowest BCUT2D eigenvalue weighted by Crippen LogP contribution is -2.35. The number of urea groups is 1. The number of nitrogens with one attached hydrogen (secondary N) is 2. The number of hydrogen-bond donors (Lipinski definition) is 2. The van der Waals surface area contributed by atoms with Crippen LogP contribution in [0.4, 0.5) is 13.6 Å². The van der Waals surface area contributed by atoms with Crippen molar-refractivity contribution in [1.29, 1.82) is 0 Å². The highest BCUT2D eigenvalue weighted by molar-refractivity contribution is 5.73. The standard InChI is InChI=1S/C14H20F2N2O2/c1-2-3-6-9-17-14(19)18-10-11-7-4-5-8-12(11)20-13(15)16/h4-5,7-8,13H,2-3,6,9-10H2,1H3,(H2,17,18,19).